The van der Waals surface area contributed by atoms with E-state index in [1.807, 2.05) is 0 Å². The number of hydrogen-bond acceptors (Lipinski definition) is 5. The van der Waals surface area contributed by atoms with Crippen LogP contribution in [0.4, 0.5) is 0 Å². The van der Waals surface area contributed by atoms with Crippen molar-refractivity contribution in [3.8, 4) is 0 Å². The fourth-order valence-corrected chi connectivity index (χ4v) is 12.0. The van der Waals surface area contributed by atoms with Gasteiger partial charge in [0, 0.05) is 12.8 Å². The lowest BCUT2D eigenvalue weighted by atomic mass is 10.0. The summed E-state index contributed by atoms with van der Waals surface area (Å²) in [4.78, 5) is 24.7. The first-order chi connectivity index (χ1) is 41.1. The smallest absolute Gasteiger partial charge is 0.306 e. The van der Waals surface area contributed by atoms with Crippen LogP contribution in [-0.4, -0.2) is 36.4 Å². The molecule has 1 N–H and O–H groups in total. The highest BCUT2D eigenvalue weighted by molar-refractivity contribution is 5.70. The molecular weight excluding hydrogens is 1020 g/mol. The van der Waals surface area contributed by atoms with E-state index in [1.165, 1.54) is 360 Å². The molecule has 83 heavy (non-hydrogen) atoms. The van der Waals surface area contributed by atoms with Crippen molar-refractivity contribution < 1.29 is 24.2 Å². The van der Waals surface area contributed by atoms with Gasteiger partial charge in [-0.15, -0.1) is 0 Å². The van der Waals surface area contributed by atoms with Crippen molar-refractivity contribution in [1.29, 1.82) is 0 Å². The van der Waals surface area contributed by atoms with Gasteiger partial charge in [0.15, 0.2) is 6.10 Å². The van der Waals surface area contributed by atoms with E-state index in [2.05, 4.69) is 50.3 Å². The van der Waals surface area contributed by atoms with Crippen LogP contribution in [0.1, 0.15) is 431 Å². The van der Waals surface area contributed by atoms with Gasteiger partial charge in [-0.2, -0.15) is 0 Å². The summed E-state index contributed by atoms with van der Waals surface area (Å²) in [6.45, 7) is 4.20. The Morgan fingerprint density at radius 3 is 0.723 bits per heavy atom. The third-order valence-corrected chi connectivity index (χ3v) is 17.7. The van der Waals surface area contributed by atoms with E-state index in [0.717, 1.165) is 44.9 Å². The second-order valence-corrected chi connectivity index (χ2v) is 26.1. The number of ether oxygens (including phenoxy) is 2. The Balaban J connectivity index is 3.37. The van der Waals surface area contributed by atoms with Gasteiger partial charge < -0.3 is 14.6 Å². The highest BCUT2D eigenvalue weighted by Gasteiger charge is 2.16. The molecule has 0 bridgehead atoms. The predicted octanol–water partition coefficient (Wildman–Crippen LogP) is 26.5. The molecule has 1 unspecified atom stereocenters. The normalized spacial score (nSPS) is 12.3. The molecular formula is C78H148O5. The number of aliphatic hydroxyl groups is 1. The maximum Gasteiger partial charge on any atom is 0.306 e. The average molecular weight is 1170 g/mol. The predicted molar refractivity (Wildman–Crippen MR) is 367 cm³/mol. The molecule has 490 valence electrons. The lowest BCUT2D eigenvalue weighted by Gasteiger charge is -2.15. The zero-order valence-corrected chi connectivity index (χ0v) is 56.5. The lowest BCUT2D eigenvalue weighted by molar-refractivity contribution is -0.161. The molecule has 0 saturated carbocycles. The minimum absolute atomic E-state index is 0.0580. The maximum absolute atomic E-state index is 12.4. The van der Waals surface area contributed by atoms with Crippen molar-refractivity contribution in [2.75, 3.05) is 13.2 Å². The largest absolute Gasteiger partial charge is 0.462 e. The standard InChI is InChI=1S/C78H148O5/c1-3-5-7-9-11-13-15-17-19-21-23-25-27-29-31-33-35-37-38-39-40-41-43-45-47-49-51-53-55-57-59-61-63-65-67-69-71-73-78(81)83-76(74-79)75-82-77(80)72-70-68-66-64-62-60-58-56-54-52-50-48-46-44-42-36-34-32-30-28-26-24-22-20-18-16-14-12-10-8-6-4-2/h15,17,21,23,27,29,76,79H,3-14,16,18-20,22,24-26,28,30-75H2,1-2H3/b17-15-,23-21-,29-27-. The molecule has 0 aliphatic carbocycles. The molecule has 0 rings (SSSR count). The number of carbonyl (C=O) groups is 2. The molecule has 5 nitrogen and oxygen atoms in total. The third kappa shape index (κ3) is 72.5. The number of carbonyl (C=O) groups excluding carboxylic acids is 2. The molecule has 0 aliphatic heterocycles. The van der Waals surface area contributed by atoms with Crippen LogP contribution < -0.4 is 0 Å². The molecule has 0 aromatic heterocycles. The van der Waals surface area contributed by atoms with E-state index in [1.54, 1.807) is 0 Å². The van der Waals surface area contributed by atoms with E-state index >= 15 is 0 Å². The van der Waals surface area contributed by atoms with E-state index < -0.39 is 6.10 Å². The van der Waals surface area contributed by atoms with Gasteiger partial charge in [0.2, 0.25) is 0 Å². The Labute approximate surface area is 520 Å². The number of rotatable bonds is 72. The monoisotopic (exact) mass is 1170 g/mol. The summed E-state index contributed by atoms with van der Waals surface area (Å²) < 4.78 is 10.8. The van der Waals surface area contributed by atoms with Gasteiger partial charge >= 0.3 is 11.9 Å². The lowest BCUT2D eigenvalue weighted by Crippen LogP contribution is -2.28. The summed E-state index contributed by atoms with van der Waals surface area (Å²) in [5.41, 5.74) is 0. The minimum Gasteiger partial charge on any atom is -0.462 e. The van der Waals surface area contributed by atoms with Crippen LogP contribution in [0.25, 0.3) is 0 Å². The van der Waals surface area contributed by atoms with E-state index in [9.17, 15) is 14.7 Å². The van der Waals surface area contributed by atoms with Crippen LogP contribution in [-0.2, 0) is 19.1 Å². The van der Waals surface area contributed by atoms with E-state index in [-0.39, 0.29) is 25.2 Å². The number of hydrogen-bond donors (Lipinski definition) is 1. The Morgan fingerprint density at radius 1 is 0.277 bits per heavy atom. The van der Waals surface area contributed by atoms with Crippen LogP contribution in [0.2, 0.25) is 0 Å². The molecule has 0 radical (unpaired) electrons. The Hall–Kier alpha value is -1.88. The van der Waals surface area contributed by atoms with Crippen molar-refractivity contribution in [1.82, 2.24) is 0 Å². The number of esters is 2. The summed E-state index contributed by atoms with van der Waals surface area (Å²) in [5.74, 6) is -0.562. The van der Waals surface area contributed by atoms with E-state index in [0.29, 0.717) is 12.8 Å². The van der Waals surface area contributed by atoms with Crippen molar-refractivity contribution in [2.24, 2.45) is 0 Å². The molecule has 1 atom stereocenters. The zero-order valence-electron chi connectivity index (χ0n) is 56.5. The number of aliphatic hydroxyl groups excluding tert-OH is 1. The van der Waals surface area contributed by atoms with Crippen molar-refractivity contribution in [3.63, 3.8) is 0 Å². The van der Waals surface area contributed by atoms with Crippen LogP contribution in [0.15, 0.2) is 36.5 Å². The third-order valence-electron chi connectivity index (χ3n) is 17.7. The molecule has 0 spiro atoms. The molecule has 0 aromatic carbocycles. The van der Waals surface area contributed by atoms with Gasteiger partial charge in [-0.25, -0.2) is 0 Å². The van der Waals surface area contributed by atoms with Gasteiger partial charge in [0.25, 0.3) is 0 Å². The highest BCUT2D eigenvalue weighted by Crippen LogP contribution is 2.20. The highest BCUT2D eigenvalue weighted by atomic mass is 16.6. The Morgan fingerprint density at radius 2 is 0.482 bits per heavy atom. The second kappa shape index (κ2) is 74.4. The Bertz CT molecular complexity index is 1320. The first kappa shape index (κ1) is 81.1. The molecule has 0 amide bonds. The molecule has 0 saturated heterocycles. The fourth-order valence-electron chi connectivity index (χ4n) is 12.0. The van der Waals surface area contributed by atoms with Crippen LogP contribution in [0.5, 0.6) is 0 Å². The summed E-state index contributed by atoms with van der Waals surface area (Å²) in [5, 5.41) is 9.72. The topological polar surface area (TPSA) is 72.8 Å². The molecule has 0 heterocycles. The van der Waals surface area contributed by atoms with Crippen LogP contribution in [0.3, 0.4) is 0 Å². The molecule has 0 fully saturated rings. The van der Waals surface area contributed by atoms with Gasteiger partial charge in [-0.1, -0.05) is 403 Å². The average Bonchev–Trinajstić information content (AvgIpc) is 3.49. The molecule has 5 heteroatoms. The summed E-state index contributed by atoms with van der Waals surface area (Å²) in [6.07, 6.45) is 99.3. The molecule has 0 aromatic rings. The van der Waals surface area contributed by atoms with Crippen LogP contribution >= 0.6 is 0 Å². The summed E-state index contributed by atoms with van der Waals surface area (Å²) >= 11 is 0. The van der Waals surface area contributed by atoms with Gasteiger partial charge in [-0.3, -0.25) is 9.59 Å². The molecule has 0 aliphatic rings. The van der Waals surface area contributed by atoms with E-state index in [4.69, 9.17) is 9.47 Å². The van der Waals surface area contributed by atoms with Crippen molar-refractivity contribution in [2.45, 2.75) is 437 Å². The van der Waals surface area contributed by atoms with Crippen molar-refractivity contribution in [3.05, 3.63) is 36.5 Å². The maximum atomic E-state index is 12.4. The first-order valence-corrected chi connectivity index (χ1v) is 38.0. The quantitative estimate of drug-likeness (QED) is 0.0373. The SMILES string of the molecule is CCCCCCC/C=C\C/C=C\C/C=C\CCCCCCCCCCCCCCCCCCCCCCCCC(=O)OC(CO)COC(=O)CCCCCCCCCCCCCCCCCCCCCCCCCCCCCCCCCC. The Kier molecular flexibility index (Phi) is 72.7. The second-order valence-electron chi connectivity index (χ2n) is 26.1. The number of unbranched alkanes of at least 4 members (excludes halogenated alkanes) is 58. The first-order valence-electron chi connectivity index (χ1n) is 38.0. The summed E-state index contributed by atoms with van der Waals surface area (Å²) in [6, 6.07) is 0. The van der Waals surface area contributed by atoms with Crippen molar-refractivity contribution >= 4 is 11.9 Å². The van der Waals surface area contributed by atoms with Gasteiger partial charge in [0.1, 0.15) is 6.61 Å². The zero-order chi connectivity index (χ0) is 59.8. The van der Waals surface area contributed by atoms with Crippen LogP contribution in [0, 0.1) is 0 Å². The fraction of sp³-hybridized carbons (Fsp3) is 0.897. The summed E-state index contributed by atoms with van der Waals surface area (Å²) in [7, 11) is 0. The number of allylic oxidation sites excluding steroid dienone is 6. The minimum atomic E-state index is -0.769. The van der Waals surface area contributed by atoms with Gasteiger partial charge in [0.05, 0.1) is 6.61 Å². The van der Waals surface area contributed by atoms with Gasteiger partial charge in [-0.05, 0) is 51.4 Å².